The number of nitrogens with zero attached hydrogens (tertiary/aromatic N) is 1. The van der Waals surface area contributed by atoms with Crippen molar-refractivity contribution in [3.05, 3.63) is 28.3 Å². The molecule has 0 saturated carbocycles. The highest BCUT2D eigenvalue weighted by Crippen LogP contribution is 2.28. The van der Waals surface area contributed by atoms with E-state index >= 15 is 0 Å². The molecule has 1 saturated heterocycles. The van der Waals surface area contributed by atoms with Gasteiger partial charge in [-0.2, -0.15) is 4.31 Å². The average Bonchev–Trinajstić information content (AvgIpc) is 2.43. The van der Waals surface area contributed by atoms with Crippen molar-refractivity contribution < 1.29 is 8.42 Å². The van der Waals surface area contributed by atoms with Crippen LogP contribution in [0.5, 0.6) is 0 Å². The minimum absolute atomic E-state index is 0.345. The van der Waals surface area contributed by atoms with Crippen molar-refractivity contribution in [3.63, 3.8) is 0 Å². The zero-order valence-electron chi connectivity index (χ0n) is 11.9. The first-order valence-electron chi connectivity index (χ1n) is 6.90. The van der Waals surface area contributed by atoms with E-state index in [1.54, 1.807) is 10.4 Å². The molecule has 4 nitrogen and oxygen atoms in total. The van der Waals surface area contributed by atoms with Crippen LogP contribution in [0.1, 0.15) is 30.4 Å². The maximum atomic E-state index is 12.8. The van der Waals surface area contributed by atoms with E-state index in [9.17, 15) is 8.42 Å². The Morgan fingerprint density at radius 2 is 1.90 bits per heavy atom. The predicted molar refractivity (Wildman–Crippen MR) is 81.6 cm³/mol. The smallest absolute Gasteiger partial charge is 0.243 e. The van der Waals surface area contributed by atoms with Gasteiger partial charge in [-0.1, -0.05) is 18.0 Å². The Morgan fingerprint density at radius 1 is 1.25 bits per heavy atom. The van der Waals surface area contributed by atoms with Gasteiger partial charge in [0.15, 0.2) is 0 Å². The summed E-state index contributed by atoms with van der Waals surface area (Å²) in [4.78, 5) is 0.345. The zero-order chi connectivity index (χ0) is 14.8. The SMILES string of the molecule is CNCc1cc(Cl)cc(S(=O)(=O)N2CCCCC2)c1C. The van der Waals surface area contributed by atoms with Gasteiger partial charge in [-0.15, -0.1) is 0 Å². The van der Waals surface area contributed by atoms with Gasteiger partial charge in [0.25, 0.3) is 0 Å². The lowest BCUT2D eigenvalue weighted by atomic mass is 10.1. The summed E-state index contributed by atoms with van der Waals surface area (Å²) in [5, 5.41) is 3.51. The van der Waals surface area contributed by atoms with E-state index in [4.69, 9.17) is 11.6 Å². The number of hydrogen-bond acceptors (Lipinski definition) is 3. The normalized spacial score (nSPS) is 17.4. The van der Waals surface area contributed by atoms with Crippen LogP contribution in [0.4, 0.5) is 0 Å². The van der Waals surface area contributed by atoms with Crippen LogP contribution in [0, 0.1) is 6.92 Å². The first-order valence-corrected chi connectivity index (χ1v) is 8.72. The molecule has 0 bridgehead atoms. The van der Waals surface area contributed by atoms with E-state index in [1.165, 1.54) is 0 Å². The lowest BCUT2D eigenvalue weighted by molar-refractivity contribution is 0.346. The van der Waals surface area contributed by atoms with Crippen LogP contribution in [-0.2, 0) is 16.6 Å². The lowest BCUT2D eigenvalue weighted by Crippen LogP contribution is -2.36. The van der Waals surface area contributed by atoms with Crippen molar-refractivity contribution in [3.8, 4) is 0 Å². The Kier molecular flexibility index (Phi) is 5.07. The minimum Gasteiger partial charge on any atom is -0.316 e. The summed E-state index contributed by atoms with van der Waals surface area (Å²) in [6.45, 7) is 3.67. The van der Waals surface area contributed by atoms with Crippen LogP contribution in [0.3, 0.4) is 0 Å². The highest BCUT2D eigenvalue weighted by Gasteiger charge is 2.28. The van der Waals surface area contributed by atoms with Crippen molar-refractivity contribution in [2.24, 2.45) is 0 Å². The lowest BCUT2D eigenvalue weighted by Gasteiger charge is -2.27. The Hall–Kier alpha value is -0.620. The summed E-state index contributed by atoms with van der Waals surface area (Å²) in [5.41, 5.74) is 1.71. The number of nitrogens with one attached hydrogen (secondary N) is 1. The highest BCUT2D eigenvalue weighted by atomic mass is 35.5. The maximum absolute atomic E-state index is 12.8. The molecule has 0 aromatic heterocycles. The molecule has 0 atom stereocenters. The van der Waals surface area contributed by atoms with E-state index in [1.807, 2.05) is 20.0 Å². The number of rotatable bonds is 4. The molecule has 112 valence electrons. The number of benzene rings is 1. The number of hydrogen-bond donors (Lipinski definition) is 1. The fourth-order valence-electron chi connectivity index (χ4n) is 2.59. The molecule has 1 aliphatic rings. The average molecular weight is 317 g/mol. The van der Waals surface area contributed by atoms with E-state index in [-0.39, 0.29) is 0 Å². The summed E-state index contributed by atoms with van der Waals surface area (Å²) in [6.07, 6.45) is 2.97. The van der Waals surface area contributed by atoms with Crippen molar-refractivity contribution in [1.82, 2.24) is 9.62 Å². The van der Waals surface area contributed by atoms with Gasteiger partial charge in [0, 0.05) is 24.7 Å². The largest absolute Gasteiger partial charge is 0.316 e. The predicted octanol–water partition coefficient (Wildman–Crippen LogP) is 2.54. The van der Waals surface area contributed by atoms with Crippen molar-refractivity contribution in [2.75, 3.05) is 20.1 Å². The maximum Gasteiger partial charge on any atom is 0.243 e. The quantitative estimate of drug-likeness (QED) is 0.928. The first kappa shape index (κ1) is 15.8. The van der Waals surface area contributed by atoms with Gasteiger partial charge >= 0.3 is 0 Å². The fourth-order valence-corrected chi connectivity index (χ4v) is 4.71. The Balaban J connectivity index is 2.45. The van der Waals surface area contributed by atoms with Crippen LogP contribution in [0.2, 0.25) is 5.02 Å². The van der Waals surface area contributed by atoms with Crippen LogP contribution < -0.4 is 5.32 Å². The second-order valence-electron chi connectivity index (χ2n) is 5.18. The standard InChI is InChI=1S/C14H21ClN2O2S/c1-11-12(10-16-2)8-13(15)9-14(11)20(18,19)17-6-4-3-5-7-17/h8-9,16H,3-7,10H2,1-2H3. The van der Waals surface area contributed by atoms with Gasteiger partial charge in [-0.25, -0.2) is 8.42 Å². The molecule has 1 aromatic rings. The molecule has 1 fully saturated rings. The monoisotopic (exact) mass is 316 g/mol. The summed E-state index contributed by atoms with van der Waals surface area (Å²) < 4.78 is 27.1. The Morgan fingerprint density at radius 3 is 2.50 bits per heavy atom. The minimum atomic E-state index is -3.43. The van der Waals surface area contributed by atoms with Crippen LogP contribution in [0.15, 0.2) is 17.0 Å². The Labute approximate surface area is 126 Å². The molecule has 6 heteroatoms. The first-order chi connectivity index (χ1) is 9.46. The molecule has 1 aromatic carbocycles. The van der Waals surface area contributed by atoms with E-state index < -0.39 is 10.0 Å². The second kappa shape index (κ2) is 6.43. The van der Waals surface area contributed by atoms with Gasteiger partial charge in [0.2, 0.25) is 10.0 Å². The molecule has 0 unspecified atom stereocenters. The molecule has 1 heterocycles. The summed E-state index contributed by atoms with van der Waals surface area (Å²) in [5.74, 6) is 0. The van der Waals surface area contributed by atoms with Crippen molar-refractivity contribution in [1.29, 1.82) is 0 Å². The van der Waals surface area contributed by atoms with Gasteiger partial charge in [0.1, 0.15) is 0 Å². The van der Waals surface area contributed by atoms with Gasteiger partial charge < -0.3 is 5.32 Å². The summed E-state index contributed by atoms with van der Waals surface area (Å²) in [7, 11) is -1.60. The third-order valence-electron chi connectivity index (χ3n) is 3.73. The highest BCUT2D eigenvalue weighted by molar-refractivity contribution is 7.89. The van der Waals surface area contributed by atoms with E-state index in [0.717, 1.165) is 30.4 Å². The summed E-state index contributed by atoms with van der Waals surface area (Å²) >= 11 is 6.09. The van der Waals surface area contributed by atoms with Crippen LogP contribution >= 0.6 is 11.6 Å². The van der Waals surface area contributed by atoms with Crippen LogP contribution in [-0.4, -0.2) is 32.9 Å². The molecule has 1 aliphatic heterocycles. The van der Waals surface area contributed by atoms with Gasteiger partial charge in [-0.05, 0) is 50.1 Å². The molecule has 0 aliphatic carbocycles. The fraction of sp³-hybridized carbons (Fsp3) is 0.571. The third-order valence-corrected chi connectivity index (χ3v) is 5.98. The molecular weight excluding hydrogens is 296 g/mol. The molecule has 1 N–H and O–H groups in total. The van der Waals surface area contributed by atoms with E-state index in [2.05, 4.69) is 5.32 Å². The molecular formula is C14H21ClN2O2S. The molecule has 2 rings (SSSR count). The second-order valence-corrected chi connectivity index (χ2v) is 7.53. The number of halogens is 1. The molecule has 20 heavy (non-hydrogen) atoms. The zero-order valence-corrected chi connectivity index (χ0v) is 13.5. The Bertz CT molecular complexity index is 581. The van der Waals surface area contributed by atoms with Crippen molar-refractivity contribution >= 4 is 21.6 Å². The van der Waals surface area contributed by atoms with Gasteiger partial charge in [-0.3, -0.25) is 0 Å². The topological polar surface area (TPSA) is 49.4 Å². The molecule has 0 radical (unpaired) electrons. The summed E-state index contributed by atoms with van der Waals surface area (Å²) in [6, 6.07) is 3.39. The van der Waals surface area contributed by atoms with Crippen LogP contribution in [0.25, 0.3) is 0 Å². The molecule has 0 amide bonds. The third kappa shape index (κ3) is 3.17. The number of piperidine rings is 1. The van der Waals surface area contributed by atoms with E-state index in [0.29, 0.717) is 29.6 Å². The number of sulfonamides is 1. The van der Waals surface area contributed by atoms with Gasteiger partial charge in [0.05, 0.1) is 4.90 Å². The van der Waals surface area contributed by atoms with Crippen molar-refractivity contribution in [2.45, 2.75) is 37.6 Å². The molecule has 0 spiro atoms.